The number of hydrogen-bond acceptors (Lipinski definition) is 6. The molecule has 0 spiro atoms. The number of hydrogen-bond donors (Lipinski definition) is 0. The highest BCUT2D eigenvalue weighted by Gasteiger charge is 2.57. The highest BCUT2D eigenvalue weighted by molar-refractivity contribution is 6.75. The Morgan fingerprint density at radius 1 is 1.00 bits per heavy atom. The summed E-state index contributed by atoms with van der Waals surface area (Å²) in [4.78, 5) is 14.0. The fourth-order valence-electron chi connectivity index (χ4n) is 2.98. The molecule has 1 fully saturated rings. The van der Waals surface area contributed by atoms with Gasteiger partial charge in [0.25, 0.3) is 0 Å². The van der Waals surface area contributed by atoms with Crippen molar-refractivity contribution in [2.75, 3.05) is 33.0 Å². The first kappa shape index (κ1) is 21.7. The zero-order valence-corrected chi connectivity index (χ0v) is 17.9. The van der Waals surface area contributed by atoms with E-state index in [-0.39, 0.29) is 11.6 Å². The second kappa shape index (κ2) is 10.00. The van der Waals surface area contributed by atoms with Crippen LogP contribution in [0.4, 0.5) is 0 Å². The molecule has 0 aromatic rings. The quantitative estimate of drug-likeness (QED) is 0.484. The molecule has 1 heterocycles. The summed E-state index contributed by atoms with van der Waals surface area (Å²) in [5.74, 6) is 0.124. The molecule has 1 atom stereocenters. The lowest BCUT2D eigenvalue weighted by Crippen LogP contribution is -2.67. The Morgan fingerprint density at radius 2 is 1.50 bits per heavy atom. The van der Waals surface area contributed by atoms with Crippen molar-refractivity contribution in [1.29, 1.82) is 0 Å². The Kier molecular flexibility index (Phi) is 9.06. The van der Waals surface area contributed by atoms with Gasteiger partial charge in [0.15, 0.2) is 0 Å². The van der Waals surface area contributed by atoms with Crippen LogP contribution in [0.25, 0.3) is 0 Å². The second-order valence-corrected chi connectivity index (χ2v) is 11.4. The molecule has 0 radical (unpaired) electrons. The van der Waals surface area contributed by atoms with Crippen LogP contribution in [0.3, 0.4) is 0 Å². The molecule has 1 aliphatic rings. The maximum absolute atomic E-state index is 12.2. The van der Waals surface area contributed by atoms with Gasteiger partial charge < -0.3 is 26.7 Å². The van der Waals surface area contributed by atoms with E-state index in [2.05, 4.69) is 0 Å². The molecule has 24 heavy (non-hydrogen) atoms. The molecular weight excluding hydrogens is 346 g/mol. The first-order valence-corrected chi connectivity index (χ1v) is 13.0. The Bertz CT molecular complexity index is 386. The van der Waals surface area contributed by atoms with Crippen LogP contribution in [0.1, 0.15) is 47.5 Å². The molecule has 0 saturated carbocycles. The Hall–Kier alpha value is -0.296. The van der Waals surface area contributed by atoms with Crippen molar-refractivity contribution in [1.82, 2.24) is 4.90 Å². The van der Waals surface area contributed by atoms with Gasteiger partial charge in [0.05, 0.1) is 5.67 Å². The molecule has 1 amide bonds. The summed E-state index contributed by atoms with van der Waals surface area (Å²) in [6.45, 7) is 14.0. The van der Waals surface area contributed by atoms with E-state index in [0.717, 1.165) is 6.42 Å². The van der Waals surface area contributed by atoms with Gasteiger partial charge >= 0.3 is 17.6 Å². The number of amides is 1. The molecular formula is C15H33NO6Si2. The summed E-state index contributed by atoms with van der Waals surface area (Å²) in [7, 11) is -6.12. The third kappa shape index (κ3) is 5.35. The topological polar surface area (TPSA) is 66.5 Å². The van der Waals surface area contributed by atoms with E-state index in [9.17, 15) is 4.79 Å². The summed E-state index contributed by atoms with van der Waals surface area (Å²) < 4.78 is 30.2. The van der Waals surface area contributed by atoms with Gasteiger partial charge in [-0.15, -0.1) is 0 Å². The van der Waals surface area contributed by atoms with Crippen LogP contribution in [-0.2, 0) is 26.6 Å². The Morgan fingerprint density at radius 3 is 1.88 bits per heavy atom. The van der Waals surface area contributed by atoms with E-state index in [4.69, 9.17) is 21.8 Å². The van der Waals surface area contributed by atoms with Gasteiger partial charge in [-0.2, -0.15) is 0 Å². The summed E-state index contributed by atoms with van der Waals surface area (Å²) in [5, 5.41) is 0. The SMILES string of the molecule is CCO[Si](C)(OCC)O[Si](OCC)(OCC)C(C)N1CCCC1=O. The first-order chi connectivity index (χ1) is 11.4. The van der Waals surface area contributed by atoms with Crippen LogP contribution in [0.15, 0.2) is 0 Å². The second-order valence-electron chi connectivity index (χ2n) is 5.67. The molecule has 0 N–H and O–H groups in total. The fraction of sp³-hybridized carbons (Fsp3) is 0.933. The predicted molar refractivity (Wildman–Crippen MR) is 95.4 cm³/mol. The van der Waals surface area contributed by atoms with Gasteiger partial charge in [0.1, 0.15) is 0 Å². The summed E-state index contributed by atoms with van der Waals surface area (Å²) in [5.41, 5.74) is -0.264. The normalized spacial score (nSPS) is 17.6. The van der Waals surface area contributed by atoms with Crippen LogP contribution in [0.2, 0.25) is 6.55 Å². The highest BCUT2D eigenvalue weighted by atomic mass is 28.5. The van der Waals surface area contributed by atoms with Crippen LogP contribution in [0.5, 0.6) is 0 Å². The zero-order valence-electron chi connectivity index (χ0n) is 15.9. The smallest absolute Gasteiger partial charge is 0.374 e. The van der Waals surface area contributed by atoms with Crippen LogP contribution in [0, 0.1) is 0 Å². The minimum Gasteiger partial charge on any atom is -0.374 e. The molecule has 1 rings (SSSR count). The van der Waals surface area contributed by atoms with E-state index >= 15 is 0 Å². The van der Waals surface area contributed by atoms with Gasteiger partial charge in [-0.25, -0.2) is 0 Å². The van der Waals surface area contributed by atoms with Crippen molar-refractivity contribution >= 4 is 23.5 Å². The molecule has 1 unspecified atom stereocenters. The minimum absolute atomic E-state index is 0.124. The molecule has 0 aromatic heterocycles. The number of nitrogens with zero attached hydrogens (tertiary/aromatic N) is 1. The first-order valence-electron chi connectivity index (χ1n) is 8.93. The van der Waals surface area contributed by atoms with Crippen molar-refractivity contribution in [2.45, 2.75) is 59.7 Å². The van der Waals surface area contributed by atoms with E-state index < -0.39 is 17.6 Å². The monoisotopic (exact) mass is 379 g/mol. The van der Waals surface area contributed by atoms with Crippen molar-refractivity contribution in [3.63, 3.8) is 0 Å². The molecule has 142 valence electrons. The third-order valence-electron chi connectivity index (χ3n) is 3.92. The fourth-order valence-corrected chi connectivity index (χ4v) is 9.83. The molecule has 1 aliphatic heterocycles. The number of rotatable bonds is 12. The average Bonchev–Trinajstić information content (AvgIpc) is 2.93. The van der Waals surface area contributed by atoms with E-state index in [1.54, 1.807) is 0 Å². The van der Waals surface area contributed by atoms with Crippen molar-refractivity contribution in [3.05, 3.63) is 0 Å². The van der Waals surface area contributed by atoms with Gasteiger partial charge in [-0.05, 0) is 41.0 Å². The van der Waals surface area contributed by atoms with Gasteiger partial charge in [-0.1, -0.05) is 0 Å². The highest BCUT2D eigenvalue weighted by Crippen LogP contribution is 2.28. The van der Waals surface area contributed by atoms with Crippen LogP contribution >= 0.6 is 0 Å². The summed E-state index contributed by atoms with van der Waals surface area (Å²) in [6.07, 6.45) is 1.43. The predicted octanol–water partition coefficient (Wildman–Crippen LogP) is 2.21. The summed E-state index contributed by atoms with van der Waals surface area (Å²) >= 11 is 0. The van der Waals surface area contributed by atoms with Gasteiger partial charge in [0, 0.05) is 45.9 Å². The maximum Gasteiger partial charge on any atom is 0.517 e. The number of likely N-dealkylation sites (tertiary alicyclic amines) is 1. The number of carbonyl (C=O) groups excluding carboxylic acids is 1. The van der Waals surface area contributed by atoms with Gasteiger partial charge in [-0.3, -0.25) is 4.79 Å². The van der Waals surface area contributed by atoms with E-state index in [0.29, 0.717) is 39.4 Å². The van der Waals surface area contributed by atoms with Crippen LogP contribution in [-0.4, -0.2) is 67.1 Å². The Labute approximate surface area is 148 Å². The molecule has 9 heteroatoms. The van der Waals surface area contributed by atoms with Crippen LogP contribution < -0.4 is 0 Å². The van der Waals surface area contributed by atoms with E-state index in [1.807, 2.05) is 46.1 Å². The lowest BCUT2D eigenvalue weighted by molar-refractivity contribution is -0.129. The molecule has 0 bridgehead atoms. The van der Waals surface area contributed by atoms with Crippen molar-refractivity contribution < 1.29 is 26.6 Å². The standard InChI is InChI=1S/C15H33NO6Si2/c1-7-18-23(6,19-8-2)22-24(20-9-3,21-10-4)14(5)16-13-11-12-15(16)17/h14H,7-13H2,1-6H3. The third-order valence-corrected chi connectivity index (χ3v) is 10.9. The molecule has 7 nitrogen and oxygen atoms in total. The van der Waals surface area contributed by atoms with Crippen molar-refractivity contribution in [2.24, 2.45) is 0 Å². The average molecular weight is 380 g/mol. The van der Waals surface area contributed by atoms with E-state index in [1.165, 1.54) is 0 Å². The van der Waals surface area contributed by atoms with Crippen molar-refractivity contribution in [3.8, 4) is 0 Å². The zero-order chi connectivity index (χ0) is 18.2. The minimum atomic E-state index is -3.20. The Balaban J connectivity index is 3.13. The largest absolute Gasteiger partial charge is 0.517 e. The van der Waals surface area contributed by atoms with Gasteiger partial charge in [0.2, 0.25) is 5.91 Å². The number of carbonyl (C=O) groups is 1. The summed E-state index contributed by atoms with van der Waals surface area (Å²) in [6, 6.07) is 0. The molecule has 0 aromatic carbocycles. The maximum atomic E-state index is 12.2. The lowest BCUT2D eigenvalue weighted by Gasteiger charge is -2.41. The molecule has 0 aliphatic carbocycles. The lowest BCUT2D eigenvalue weighted by atomic mass is 10.4. The molecule has 1 saturated heterocycles.